The minimum atomic E-state index is -0.395. The average molecular weight is 591 g/mol. The molecule has 1 radical (unpaired) electrons. The highest BCUT2D eigenvalue weighted by Crippen LogP contribution is 2.40. The lowest BCUT2D eigenvalue weighted by Crippen LogP contribution is -2.51. The summed E-state index contributed by atoms with van der Waals surface area (Å²) in [6.45, 7) is 4.83. The van der Waals surface area contributed by atoms with Crippen molar-refractivity contribution in [2.75, 3.05) is 6.54 Å². The van der Waals surface area contributed by atoms with Gasteiger partial charge in [0.2, 0.25) is 11.8 Å². The van der Waals surface area contributed by atoms with Crippen LogP contribution in [0.4, 0.5) is 0 Å². The van der Waals surface area contributed by atoms with E-state index in [1.165, 1.54) is 0 Å². The van der Waals surface area contributed by atoms with Crippen molar-refractivity contribution in [1.29, 1.82) is 0 Å². The summed E-state index contributed by atoms with van der Waals surface area (Å²) in [6.07, 6.45) is 11.1. The Kier molecular flexibility index (Phi) is 7.58. The Morgan fingerprint density at radius 2 is 1.36 bits per heavy atom. The zero-order valence-corrected chi connectivity index (χ0v) is 25.4. The summed E-state index contributed by atoms with van der Waals surface area (Å²) in [5, 5.41) is 0. The Hall–Kier alpha value is -4.24. The Labute approximate surface area is 258 Å². The molecule has 9 nitrogen and oxygen atoms in total. The van der Waals surface area contributed by atoms with Crippen LogP contribution in [0.25, 0.3) is 33.6 Å². The van der Waals surface area contributed by atoms with E-state index in [9.17, 15) is 9.59 Å². The van der Waals surface area contributed by atoms with E-state index in [-0.39, 0.29) is 35.9 Å². The van der Waals surface area contributed by atoms with Crippen LogP contribution in [0.1, 0.15) is 76.1 Å². The zero-order valence-electron chi connectivity index (χ0n) is 25.4. The van der Waals surface area contributed by atoms with Crippen molar-refractivity contribution < 1.29 is 9.59 Å². The molecular weight excluding hydrogens is 550 g/mol. The first-order valence-electron chi connectivity index (χ1n) is 15.9. The van der Waals surface area contributed by atoms with Crippen LogP contribution < -0.4 is 5.73 Å². The minimum Gasteiger partial charge on any atom is -0.340 e. The first kappa shape index (κ1) is 28.5. The number of rotatable bonds is 7. The molecule has 4 unspecified atom stereocenters. The second-order valence-electron chi connectivity index (χ2n) is 12.8. The Morgan fingerprint density at radius 3 is 1.95 bits per heavy atom. The summed E-state index contributed by atoms with van der Waals surface area (Å²) >= 11 is 0. The van der Waals surface area contributed by atoms with Gasteiger partial charge in [0.15, 0.2) is 0 Å². The van der Waals surface area contributed by atoms with Crippen LogP contribution in [0, 0.1) is 12.3 Å². The topological polar surface area (TPSA) is 124 Å². The van der Waals surface area contributed by atoms with Gasteiger partial charge in [0.05, 0.1) is 48.3 Å². The van der Waals surface area contributed by atoms with Gasteiger partial charge in [-0.25, -0.2) is 9.97 Å². The van der Waals surface area contributed by atoms with E-state index in [0.717, 1.165) is 90.4 Å². The molecular formula is C35H40N7O2. The molecule has 9 heteroatoms. The van der Waals surface area contributed by atoms with Crippen LogP contribution in [0.5, 0.6) is 0 Å². The number of hydrogen-bond donors (Lipinski definition) is 3. The maximum Gasteiger partial charge on any atom is 0.240 e. The normalized spacial score (nSPS) is 23.5. The van der Waals surface area contributed by atoms with E-state index in [1.807, 2.05) is 36.0 Å². The molecule has 2 aromatic carbocycles. The Morgan fingerprint density at radius 1 is 0.818 bits per heavy atom. The molecule has 0 bridgehead atoms. The van der Waals surface area contributed by atoms with E-state index < -0.39 is 6.04 Å². The van der Waals surface area contributed by atoms with Crippen LogP contribution in [-0.2, 0) is 9.59 Å². The van der Waals surface area contributed by atoms with Gasteiger partial charge in [0.1, 0.15) is 11.6 Å². The molecule has 0 spiro atoms. The van der Waals surface area contributed by atoms with Crippen LogP contribution in [0.3, 0.4) is 0 Å². The number of likely N-dealkylation sites (tertiary alicyclic amines) is 1. The average Bonchev–Trinajstić information content (AvgIpc) is 3.84. The molecule has 0 saturated carbocycles. The van der Waals surface area contributed by atoms with Crippen molar-refractivity contribution in [3.8, 4) is 33.6 Å². The summed E-state index contributed by atoms with van der Waals surface area (Å²) in [6, 6.07) is 16.8. The predicted molar refractivity (Wildman–Crippen MR) is 170 cm³/mol. The molecule has 3 fully saturated rings. The van der Waals surface area contributed by atoms with E-state index >= 15 is 0 Å². The molecule has 3 aliphatic rings. The third-order valence-corrected chi connectivity index (χ3v) is 9.44. The SMILES string of the molecule is CC(C)[CH]C(=O)N1CCCC1c1ncc(-c2ccc(-c3ccc(-c4cnc(C5CCC6CCC(N)C(=O)N65)[nH]4)cc3)cc2)[nH]1. The molecule has 227 valence electrons. The number of carbonyl (C=O) groups is 2. The van der Waals surface area contributed by atoms with Gasteiger partial charge in [0.25, 0.3) is 0 Å². The smallest absolute Gasteiger partial charge is 0.240 e. The van der Waals surface area contributed by atoms with E-state index in [4.69, 9.17) is 5.73 Å². The molecule has 3 aliphatic heterocycles. The lowest BCUT2D eigenvalue weighted by atomic mass is 9.99. The van der Waals surface area contributed by atoms with Crippen molar-refractivity contribution in [1.82, 2.24) is 29.7 Å². The standard InChI is InChI=1S/C35H40N7O2/c1-21(2)18-32(43)41-17-3-4-30(41)33-37-19-28(39-33)24-9-5-22(6-10-24)23-7-11-25(12-8-23)29-20-38-34(40-29)31-16-14-26-13-15-27(36)35(44)42(26)31/h5-12,18-21,26-27,30-31H,3-4,13-17,36H2,1-2H3,(H,37,39)(H,38,40). The molecule has 2 amide bonds. The quantitative estimate of drug-likeness (QED) is 0.251. The summed E-state index contributed by atoms with van der Waals surface area (Å²) in [7, 11) is 0. The van der Waals surface area contributed by atoms with Crippen LogP contribution in [0.2, 0.25) is 0 Å². The first-order valence-corrected chi connectivity index (χ1v) is 15.9. The number of benzene rings is 2. The molecule has 4 N–H and O–H groups in total. The largest absolute Gasteiger partial charge is 0.340 e. The van der Waals surface area contributed by atoms with Crippen LogP contribution >= 0.6 is 0 Å². The van der Waals surface area contributed by atoms with Gasteiger partial charge in [-0.3, -0.25) is 9.59 Å². The predicted octanol–water partition coefficient (Wildman–Crippen LogP) is 5.81. The molecule has 5 heterocycles. The van der Waals surface area contributed by atoms with Gasteiger partial charge in [-0.05, 0) is 66.7 Å². The number of nitrogens with zero attached hydrogens (tertiary/aromatic N) is 4. The van der Waals surface area contributed by atoms with Crippen molar-refractivity contribution >= 4 is 11.8 Å². The number of nitrogens with two attached hydrogens (primary N) is 1. The number of aromatic amines is 2. The molecule has 3 saturated heterocycles. The van der Waals surface area contributed by atoms with Gasteiger partial charge in [-0.1, -0.05) is 62.4 Å². The summed E-state index contributed by atoms with van der Waals surface area (Å²) < 4.78 is 0. The lowest BCUT2D eigenvalue weighted by Gasteiger charge is -2.36. The van der Waals surface area contributed by atoms with Gasteiger partial charge < -0.3 is 25.5 Å². The fourth-order valence-corrected chi connectivity index (χ4v) is 7.14. The highest BCUT2D eigenvalue weighted by atomic mass is 16.2. The van der Waals surface area contributed by atoms with Gasteiger partial charge in [0, 0.05) is 12.6 Å². The third-order valence-electron chi connectivity index (χ3n) is 9.44. The summed E-state index contributed by atoms with van der Waals surface area (Å²) in [4.78, 5) is 45.7. The number of carbonyl (C=O) groups excluding carboxylic acids is 2. The van der Waals surface area contributed by atoms with Crippen molar-refractivity contribution in [3.63, 3.8) is 0 Å². The molecule has 0 aliphatic carbocycles. The number of imidazole rings is 2. The fourth-order valence-electron chi connectivity index (χ4n) is 7.14. The summed E-state index contributed by atoms with van der Waals surface area (Å²) in [5.41, 5.74) is 12.3. The minimum absolute atomic E-state index is 0.00405. The number of fused-ring (bicyclic) bond motifs is 1. The van der Waals surface area contributed by atoms with Crippen molar-refractivity contribution in [2.24, 2.45) is 11.7 Å². The maximum absolute atomic E-state index is 12.8. The fraction of sp³-hybridized carbons (Fsp3) is 0.400. The first-order chi connectivity index (χ1) is 21.4. The summed E-state index contributed by atoms with van der Waals surface area (Å²) in [5.74, 6) is 2.06. The maximum atomic E-state index is 12.8. The van der Waals surface area contributed by atoms with E-state index in [1.54, 1.807) is 6.42 Å². The third kappa shape index (κ3) is 5.34. The zero-order chi connectivity index (χ0) is 30.4. The highest BCUT2D eigenvalue weighted by Gasteiger charge is 2.43. The highest BCUT2D eigenvalue weighted by molar-refractivity contribution is 5.85. The van der Waals surface area contributed by atoms with Gasteiger partial charge in [-0.15, -0.1) is 0 Å². The van der Waals surface area contributed by atoms with Crippen molar-refractivity contribution in [3.05, 3.63) is 79.0 Å². The molecule has 4 atom stereocenters. The number of aromatic nitrogens is 4. The second kappa shape index (κ2) is 11.7. The number of H-pyrrole nitrogens is 2. The van der Waals surface area contributed by atoms with Crippen LogP contribution in [0.15, 0.2) is 60.9 Å². The lowest BCUT2D eigenvalue weighted by molar-refractivity contribution is -0.138. The monoisotopic (exact) mass is 590 g/mol. The number of hydrogen-bond acceptors (Lipinski definition) is 5. The second-order valence-corrected chi connectivity index (χ2v) is 12.8. The van der Waals surface area contributed by atoms with Gasteiger partial charge in [-0.2, -0.15) is 0 Å². The number of nitrogens with one attached hydrogen (secondary N) is 2. The Bertz CT molecular complexity index is 1640. The van der Waals surface area contributed by atoms with Crippen LogP contribution in [-0.4, -0.2) is 60.2 Å². The Balaban J connectivity index is 1.02. The molecule has 4 aromatic rings. The molecule has 2 aromatic heterocycles. The number of amides is 2. The van der Waals surface area contributed by atoms with E-state index in [2.05, 4.69) is 68.5 Å². The van der Waals surface area contributed by atoms with Crippen molar-refractivity contribution in [2.45, 2.75) is 76.5 Å². The van der Waals surface area contributed by atoms with Gasteiger partial charge >= 0.3 is 0 Å². The molecule has 7 rings (SSSR count). The van der Waals surface area contributed by atoms with E-state index in [0.29, 0.717) is 0 Å². The molecule has 44 heavy (non-hydrogen) atoms. The number of piperidine rings is 1.